The first kappa shape index (κ1) is 17.7. The average Bonchev–Trinajstić information content (AvgIpc) is 2.58. The Hall–Kier alpha value is -2.36. The number of rotatable bonds is 2. The normalized spacial score (nSPS) is 8.91. The maximum atomic E-state index is 10.1. The quantitative estimate of drug-likeness (QED) is 0.587. The second kappa shape index (κ2) is 9.55. The van der Waals surface area contributed by atoms with Crippen molar-refractivity contribution in [2.45, 2.75) is 0 Å². The molecule has 4 nitrogen and oxygen atoms in total. The van der Waals surface area contributed by atoms with Gasteiger partial charge in [-0.1, -0.05) is 12.1 Å². The largest absolute Gasteiger partial charge is 0.533 e. The fourth-order valence-corrected chi connectivity index (χ4v) is 1.52. The molecule has 0 atom stereocenters. The molecule has 113 valence electrons. The molecular formula is C17H12IrN2O2-2. The van der Waals surface area contributed by atoms with E-state index in [9.17, 15) is 4.79 Å². The maximum absolute atomic E-state index is 10.1. The van der Waals surface area contributed by atoms with Crippen molar-refractivity contribution in [1.82, 2.24) is 9.97 Å². The zero-order valence-corrected chi connectivity index (χ0v) is 13.8. The third-order valence-corrected chi connectivity index (χ3v) is 2.46. The van der Waals surface area contributed by atoms with E-state index in [1.54, 1.807) is 12.3 Å². The molecule has 0 aliphatic heterocycles. The van der Waals surface area contributed by atoms with Gasteiger partial charge in [-0.15, -0.1) is 48.0 Å². The van der Waals surface area contributed by atoms with E-state index in [0.29, 0.717) is 0 Å². The Morgan fingerprint density at radius 2 is 1.64 bits per heavy atom. The molecule has 1 radical (unpaired) electrons. The number of carboxylic acids is 1. The van der Waals surface area contributed by atoms with Crippen LogP contribution in [0, 0.1) is 12.1 Å². The molecule has 0 fully saturated rings. The SMILES string of the molecule is O=C(O)c1[c-]cccn1.[Ir].[c-]1ccccc1-c1ccccn1. The maximum Gasteiger partial charge on any atom is 0.247 e. The van der Waals surface area contributed by atoms with E-state index in [1.807, 2.05) is 42.5 Å². The monoisotopic (exact) mass is 469 g/mol. The van der Waals surface area contributed by atoms with Crippen LogP contribution in [0.2, 0.25) is 0 Å². The van der Waals surface area contributed by atoms with Crippen molar-refractivity contribution in [3.05, 3.63) is 84.8 Å². The van der Waals surface area contributed by atoms with Gasteiger partial charge in [0.25, 0.3) is 0 Å². The zero-order chi connectivity index (χ0) is 14.9. The number of aromatic carboxylic acids is 1. The summed E-state index contributed by atoms with van der Waals surface area (Å²) in [7, 11) is 0. The van der Waals surface area contributed by atoms with Crippen LogP contribution in [-0.4, -0.2) is 21.0 Å². The second-order valence-corrected chi connectivity index (χ2v) is 3.93. The minimum Gasteiger partial charge on any atom is -0.533 e. The van der Waals surface area contributed by atoms with E-state index in [1.165, 1.54) is 12.3 Å². The van der Waals surface area contributed by atoms with Gasteiger partial charge in [0.2, 0.25) is 5.97 Å². The van der Waals surface area contributed by atoms with Crippen LogP contribution in [0.4, 0.5) is 0 Å². The van der Waals surface area contributed by atoms with Crippen molar-refractivity contribution in [2.75, 3.05) is 0 Å². The predicted octanol–water partition coefficient (Wildman–Crippen LogP) is 3.13. The van der Waals surface area contributed by atoms with E-state index in [2.05, 4.69) is 22.1 Å². The molecule has 2 aromatic heterocycles. The fourth-order valence-electron chi connectivity index (χ4n) is 1.52. The summed E-state index contributed by atoms with van der Waals surface area (Å²) in [4.78, 5) is 17.8. The standard InChI is InChI=1S/C11H8N.C6H4NO2.Ir/c1-2-6-10(7-3-1)11-8-4-5-9-12-11;8-6(9)5-3-1-2-4-7-5;/h1-6,8-9H;1-2,4H,(H,8,9);/q2*-1;. The van der Waals surface area contributed by atoms with Gasteiger partial charge in [-0.3, -0.25) is 4.98 Å². The molecule has 0 saturated carbocycles. The van der Waals surface area contributed by atoms with Crippen LogP contribution in [0.5, 0.6) is 0 Å². The van der Waals surface area contributed by atoms with E-state index < -0.39 is 5.97 Å². The van der Waals surface area contributed by atoms with E-state index >= 15 is 0 Å². The van der Waals surface area contributed by atoms with Crippen LogP contribution in [0.15, 0.2) is 67.0 Å². The van der Waals surface area contributed by atoms with Gasteiger partial charge in [-0.25, -0.2) is 0 Å². The number of hydrogen-bond donors (Lipinski definition) is 1. The van der Waals surface area contributed by atoms with Crippen molar-refractivity contribution in [3.63, 3.8) is 0 Å². The summed E-state index contributed by atoms with van der Waals surface area (Å²) in [6.07, 6.45) is 3.20. The summed E-state index contributed by atoms with van der Waals surface area (Å²) in [6.45, 7) is 0. The van der Waals surface area contributed by atoms with Crippen molar-refractivity contribution in [3.8, 4) is 11.3 Å². The van der Waals surface area contributed by atoms with Crippen molar-refractivity contribution in [1.29, 1.82) is 0 Å². The predicted molar refractivity (Wildman–Crippen MR) is 78.5 cm³/mol. The first-order valence-electron chi connectivity index (χ1n) is 6.21. The first-order chi connectivity index (χ1) is 10.3. The van der Waals surface area contributed by atoms with Gasteiger partial charge in [-0.05, 0) is 18.0 Å². The Bertz CT molecular complexity index is 639. The molecule has 0 unspecified atom stereocenters. The fraction of sp³-hybridized carbons (Fsp3) is 0. The number of pyridine rings is 2. The molecule has 1 aromatic carbocycles. The summed E-state index contributed by atoms with van der Waals surface area (Å²) in [6, 6.07) is 22.4. The van der Waals surface area contributed by atoms with Crippen molar-refractivity contribution < 1.29 is 30.0 Å². The molecule has 0 saturated heterocycles. The number of carboxylic acid groups (broad SMARTS) is 1. The number of nitrogens with zero attached hydrogens (tertiary/aromatic N) is 2. The summed E-state index contributed by atoms with van der Waals surface area (Å²) >= 11 is 0. The molecule has 0 aliphatic carbocycles. The van der Waals surface area contributed by atoms with Crippen molar-refractivity contribution >= 4 is 5.97 Å². The molecular weight excluding hydrogens is 456 g/mol. The molecule has 3 rings (SSSR count). The average molecular weight is 469 g/mol. The minimum absolute atomic E-state index is 0. The van der Waals surface area contributed by atoms with Crippen LogP contribution in [0.3, 0.4) is 0 Å². The number of benzene rings is 1. The Morgan fingerprint density at radius 3 is 2.14 bits per heavy atom. The Labute approximate surface area is 142 Å². The van der Waals surface area contributed by atoms with Gasteiger partial charge in [0.05, 0.1) is 0 Å². The van der Waals surface area contributed by atoms with E-state index in [4.69, 9.17) is 5.11 Å². The number of hydrogen-bond acceptors (Lipinski definition) is 3. The van der Waals surface area contributed by atoms with Crippen LogP contribution < -0.4 is 0 Å². The van der Waals surface area contributed by atoms with E-state index in [-0.39, 0.29) is 25.8 Å². The van der Waals surface area contributed by atoms with E-state index in [0.717, 1.165) is 11.3 Å². The molecule has 0 bridgehead atoms. The minimum atomic E-state index is -1.05. The number of carbonyl (C=O) groups is 1. The molecule has 3 aromatic rings. The molecule has 0 aliphatic rings. The summed E-state index contributed by atoms with van der Waals surface area (Å²) < 4.78 is 0. The molecule has 2 heterocycles. The third kappa shape index (κ3) is 5.56. The number of aromatic nitrogens is 2. The molecule has 0 spiro atoms. The van der Waals surface area contributed by atoms with Crippen LogP contribution in [0.1, 0.15) is 10.5 Å². The first-order valence-corrected chi connectivity index (χ1v) is 6.21. The molecule has 22 heavy (non-hydrogen) atoms. The van der Waals surface area contributed by atoms with Gasteiger partial charge in [0.15, 0.2) is 0 Å². The van der Waals surface area contributed by atoms with Gasteiger partial charge in [0.1, 0.15) is 0 Å². The third-order valence-electron chi connectivity index (χ3n) is 2.46. The van der Waals surface area contributed by atoms with Gasteiger partial charge in [0, 0.05) is 32.0 Å². The van der Waals surface area contributed by atoms with Crippen LogP contribution >= 0.6 is 0 Å². The van der Waals surface area contributed by atoms with Crippen molar-refractivity contribution in [2.24, 2.45) is 0 Å². The van der Waals surface area contributed by atoms with Crippen LogP contribution in [-0.2, 0) is 20.1 Å². The molecule has 0 amide bonds. The smallest absolute Gasteiger partial charge is 0.247 e. The molecule has 5 heteroatoms. The second-order valence-electron chi connectivity index (χ2n) is 3.93. The molecule has 1 N–H and O–H groups in total. The zero-order valence-electron chi connectivity index (χ0n) is 11.4. The Balaban J connectivity index is 0.000000219. The summed E-state index contributed by atoms with van der Waals surface area (Å²) in [5.41, 5.74) is 1.97. The summed E-state index contributed by atoms with van der Waals surface area (Å²) in [5, 5.41) is 8.29. The van der Waals surface area contributed by atoms with Crippen LogP contribution in [0.25, 0.3) is 11.3 Å². The summed E-state index contributed by atoms with van der Waals surface area (Å²) in [5.74, 6) is -1.05. The van der Waals surface area contributed by atoms with Gasteiger partial charge >= 0.3 is 0 Å². The topological polar surface area (TPSA) is 63.1 Å². The Kier molecular flexibility index (Phi) is 7.68. The van der Waals surface area contributed by atoms with Gasteiger partial charge < -0.3 is 14.9 Å². The Morgan fingerprint density at radius 1 is 0.909 bits per heavy atom. The van der Waals surface area contributed by atoms with Gasteiger partial charge in [-0.2, -0.15) is 6.07 Å².